The summed E-state index contributed by atoms with van der Waals surface area (Å²) in [5, 5.41) is 12.2. The summed E-state index contributed by atoms with van der Waals surface area (Å²) in [6.07, 6.45) is 1.09. The van der Waals surface area contributed by atoms with Crippen molar-refractivity contribution in [3.63, 3.8) is 0 Å². The molecule has 0 heterocycles. The molecule has 0 aromatic heterocycles. The molecule has 1 aliphatic rings. The maximum atomic E-state index is 11.6. The van der Waals surface area contributed by atoms with Crippen LogP contribution in [0, 0.1) is 0 Å². The van der Waals surface area contributed by atoms with E-state index in [1.165, 1.54) is 0 Å². The maximum absolute atomic E-state index is 11.6. The van der Waals surface area contributed by atoms with E-state index in [1.54, 1.807) is 6.92 Å². The largest absolute Gasteiger partial charge is 0.389 e. The van der Waals surface area contributed by atoms with Crippen LogP contribution in [0.15, 0.2) is 24.3 Å². The summed E-state index contributed by atoms with van der Waals surface area (Å²) in [7, 11) is 0. The summed E-state index contributed by atoms with van der Waals surface area (Å²) >= 11 is 0. The summed E-state index contributed by atoms with van der Waals surface area (Å²) in [5.41, 5.74) is 7.04. The fourth-order valence-electron chi connectivity index (χ4n) is 1.63. The Hall–Kier alpha value is -1.10. The first-order valence-electron chi connectivity index (χ1n) is 5.85. The zero-order valence-corrected chi connectivity index (χ0v) is 11.2. The van der Waals surface area contributed by atoms with Crippen LogP contribution in [0.3, 0.4) is 0 Å². The first-order valence-corrected chi connectivity index (χ1v) is 5.85. The highest BCUT2D eigenvalue weighted by molar-refractivity contribution is 5.88. The predicted octanol–water partition coefficient (Wildman–Crippen LogP) is 1.27. The lowest BCUT2D eigenvalue weighted by Gasteiger charge is -2.11. The lowest BCUT2D eigenvalue weighted by atomic mass is 10.1. The number of carbonyl (C=O) groups is 1. The van der Waals surface area contributed by atoms with Gasteiger partial charge in [0.1, 0.15) is 0 Å². The summed E-state index contributed by atoms with van der Waals surface area (Å²) < 4.78 is 0. The average Bonchev–Trinajstić information content (AvgIpc) is 3.06. The normalized spacial score (nSPS) is 17.5. The Balaban J connectivity index is 0.00000162. The zero-order valence-electron chi connectivity index (χ0n) is 10.3. The highest BCUT2D eigenvalue weighted by atomic mass is 35.5. The van der Waals surface area contributed by atoms with Gasteiger partial charge in [0.25, 0.3) is 0 Å². The molecule has 1 unspecified atom stereocenters. The Morgan fingerprint density at radius 3 is 2.44 bits per heavy atom. The minimum Gasteiger partial charge on any atom is -0.389 e. The number of amides is 1. The van der Waals surface area contributed by atoms with E-state index >= 15 is 0 Å². The molecule has 5 heteroatoms. The van der Waals surface area contributed by atoms with Crippen molar-refractivity contribution in [2.75, 3.05) is 0 Å². The van der Waals surface area contributed by atoms with E-state index in [0.717, 1.165) is 24.0 Å². The summed E-state index contributed by atoms with van der Waals surface area (Å²) in [6.45, 7) is 2.21. The monoisotopic (exact) mass is 270 g/mol. The van der Waals surface area contributed by atoms with E-state index in [0.29, 0.717) is 6.54 Å². The third-order valence-corrected chi connectivity index (χ3v) is 3.16. The first kappa shape index (κ1) is 15.0. The predicted molar refractivity (Wildman–Crippen MR) is 72.3 cm³/mol. The number of hydrogen-bond acceptors (Lipinski definition) is 3. The molecular formula is C13H19ClN2O2. The highest BCUT2D eigenvalue weighted by Crippen LogP contribution is 2.32. The van der Waals surface area contributed by atoms with Gasteiger partial charge in [0, 0.05) is 6.54 Å². The van der Waals surface area contributed by atoms with Crippen LogP contribution in [0.5, 0.6) is 0 Å². The van der Waals surface area contributed by atoms with Gasteiger partial charge >= 0.3 is 0 Å². The van der Waals surface area contributed by atoms with Crippen LogP contribution in [-0.4, -0.2) is 16.6 Å². The lowest BCUT2D eigenvalue weighted by Crippen LogP contribution is -2.42. The molecular weight excluding hydrogens is 252 g/mol. The number of nitrogens with one attached hydrogen (secondary N) is 1. The Bertz CT molecular complexity index is 414. The van der Waals surface area contributed by atoms with Crippen molar-refractivity contribution in [1.82, 2.24) is 5.32 Å². The van der Waals surface area contributed by atoms with Gasteiger partial charge in [-0.1, -0.05) is 24.3 Å². The van der Waals surface area contributed by atoms with Crippen molar-refractivity contribution in [1.29, 1.82) is 0 Å². The van der Waals surface area contributed by atoms with Crippen LogP contribution >= 0.6 is 12.4 Å². The van der Waals surface area contributed by atoms with Gasteiger partial charge in [-0.25, -0.2) is 0 Å². The summed E-state index contributed by atoms with van der Waals surface area (Å²) in [4.78, 5) is 11.6. The molecule has 1 aromatic carbocycles. The van der Waals surface area contributed by atoms with Gasteiger partial charge in [-0.3, -0.25) is 4.79 Å². The summed E-state index contributed by atoms with van der Waals surface area (Å²) in [6, 6.07) is 7.53. The van der Waals surface area contributed by atoms with Gasteiger partial charge in [0.05, 0.1) is 11.6 Å². The van der Waals surface area contributed by atoms with E-state index in [2.05, 4.69) is 5.32 Å². The van der Waals surface area contributed by atoms with Crippen molar-refractivity contribution in [3.8, 4) is 0 Å². The second kappa shape index (κ2) is 5.69. The average molecular weight is 271 g/mol. The standard InChI is InChI=1S/C13H18N2O2.ClH/c1-9(16)11-4-2-10(3-5-11)8-15-12(17)13(14)6-7-13;/h2-5,9,16H,6-8,14H2,1H3,(H,15,17);1H. The Kier molecular flexibility index (Phi) is 4.73. The molecule has 4 nitrogen and oxygen atoms in total. The van der Waals surface area contributed by atoms with Crippen molar-refractivity contribution in [2.45, 2.75) is 38.0 Å². The Morgan fingerprint density at radius 1 is 1.44 bits per heavy atom. The number of carbonyl (C=O) groups excluding carboxylic acids is 1. The van der Waals surface area contributed by atoms with Crippen LogP contribution in [0.25, 0.3) is 0 Å². The number of halogens is 1. The fourth-order valence-corrected chi connectivity index (χ4v) is 1.63. The topological polar surface area (TPSA) is 75.3 Å². The van der Waals surface area contributed by atoms with Crippen LogP contribution in [-0.2, 0) is 11.3 Å². The number of aliphatic hydroxyl groups excluding tert-OH is 1. The fraction of sp³-hybridized carbons (Fsp3) is 0.462. The van der Waals surface area contributed by atoms with Gasteiger partial charge in [0.2, 0.25) is 5.91 Å². The zero-order chi connectivity index (χ0) is 12.5. The van der Waals surface area contributed by atoms with Gasteiger partial charge in [-0.05, 0) is 30.9 Å². The molecule has 0 radical (unpaired) electrons. The molecule has 0 saturated heterocycles. The van der Waals surface area contributed by atoms with E-state index in [9.17, 15) is 9.90 Å². The first-order chi connectivity index (χ1) is 8.01. The van der Waals surface area contributed by atoms with Crippen LogP contribution in [0.4, 0.5) is 0 Å². The molecule has 1 atom stereocenters. The minimum atomic E-state index is -0.612. The highest BCUT2D eigenvalue weighted by Gasteiger charge is 2.45. The Labute approximate surface area is 113 Å². The van der Waals surface area contributed by atoms with Crippen molar-refractivity contribution in [3.05, 3.63) is 35.4 Å². The number of nitrogens with two attached hydrogens (primary N) is 1. The van der Waals surface area contributed by atoms with Crippen molar-refractivity contribution >= 4 is 18.3 Å². The molecule has 18 heavy (non-hydrogen) atoms. The van der Waals surface area contributed by atoms with Crippen LogP contribution < -0.4 is 11.1 Å². The van der Waals surface area contributed by atoms with E-state index in [1.807, 2.05) is 24.3 Å². The van der Waals surface area contributed by atoms with E-state index in [4.69, 9.17) is 5.73 Å². The van der Waals surface area contributed by atoms with E-state index < -0.39 is 11.6 Å². The number of hydrogen-bond donors (Lipinski definition) is 3. The number of rotatable bonds is 4. The molecule has 4 N–H and O–H groups in total. The van der Waals surface area contributed by atoms with Crippen molar-refractivity contribution < 1.29 is 9.90 Å². The summed E-state index contributed by atoms with van der Waals surface area (Å²) in [5.74, 6) is -0.0721. The molecule has 0 spiro atoms. The minimum absolute atomic E-state index is 0. The number of benzene rings is 1. The van der Waals surface area contributed by atoms with Gasteiger partial charge in [-0.2, -0.15) is 0 Å². The molecule has 1 amide bonds. The van der Waals surface area contributed by atoms with Crippen LogP contribution in [0.2, 0.25) is 0 Å². The second-order valence-corrected chi connectivity index (χ2v) is 4.76. The third kappa shape index (κ3) is 3.45. The molecule has 1 aromatic rings. The lowest BCUT2D eigenvalue weighted by molar-refractivity contribution is -0.123. The third-order valence-electron chi connectivity index (χ3n) is 3.16. The molecule has 1 saturated carbocycles. The maximum Gasteiger partial charge on any atom is 0.240 e. The van der Waals surface area contributed by atoms with Gasteiger partial charge in [-0.15, -0.1) is 12.4 Å². The quantitative estimate of drug-likeness (QED) is 0.771. The smallest absolute Gasteiger partial charge is 0.240 e. The number of aliphatic hydroxyl groups is 1. The second-order valence-electron chi connectivity index (χ2n) is 4.76. The molecule has 0 bridgehead atoms. The molecule has 1 aliphatic carbocycles. The SMILES string of the molecule is CC(O)c1ccc(CNC(=O)C2(N)CC2)cc1.Cl. The van der Waals surface area contributed by atoms with Gasteiger partial charge in [0.15, 0.2) is 0 Å². The molecule has 0 aliphatic heterocycles. The molecule has 2 rings (SSSR count). The van der Waals surface area contributed by atoms with E-state index in [-0.39, 0.29) is 18.3 Å². The van der Waals surface area contributed by atoms with Gasteiger partial charge < -0.3 is 16.2 Å². The van der Waals surface area contributed by atoms with Crippen molar-refractivity contribution in [2.24, 2.45) is 5.73 Å². The molecule has 100 valence electrons. The Morgan fingerprint density at radius 2 is 2.00 bits per heavy atom. The molecule has 1 fully saturated rings. The van der Waals surface area contributed by atoms with Crippen LogP contribution in [0.1, 0.15) is 37.0 Å².